The second-order valence-electron chi connectivity index (χ2n) is 2.50. The first-order chi connectivity index (χ1) is 5.16. The van der Waals surface area contributed by atoms with Gasteiger partial charge in [0.1, 0.15) is 0 Å². The van der Waals surface area contributed by atoms with E-state index in [-0.39, 0.29) is 0 Å². The molecule has 0 saturated carbocycles. The molecule has 11 heavy (non-hydrogen) atoms. The highest BCUT2D eigenvalue weighted by Crippen LogP contribution is 2.27. The minimum absolute atomic E-state index is 0.743. The fraction of sp³-hybridized carbons (Fsp3) is 0.333. The zero-order valence-corrected chi connectivity index (χ0v) is 8.13. The van der Waals surface area contributed by atoms with Crippen molar-refractivity contribution in [3.05, 3.63) is 33.3 Å². The van der Waals surface area contributed by atoms with Crippen molar-refractivity contribution in [2.45, 2.75) is 20.3 Å². The van der Waals surface area contributed by atoms with Gasteiger partial charge in [0.05, 0.1) is 0 Å². The van der Waals surface area contributed by atoms with Crippen molar-refractivity contribution in [2.24, 2.45) is 0 Å². The third-order valence-corrected chi connectivity index (χ3v) is 2.72. The van der Waals surface area contributed by atoms with Crippen LogP contribution in [-0.4, -0.2) is 0 Å². The quantitative estimate of drug-likeness (QED) is 0.629. The molecule has 0 radical (unpaired) electrons. The monoisotopic (exact) mass is 188 g/mol. The molecule has 0 atom stereocenters. The van der Waals surface area contributed by atoms with Crippen LogP contribution in [0, 0.1) is 6.92 Å². The van der Waals surface area contributed by atoms with Crippen molar-refractivity contribution in [1.82, 2.24) is 0 Å². The summed E-state index contributed by atoms with van der Waals surface area (Å²) >= 11 is 11.9. The second kappa shape index (κ2) is 3.46. The molecule has 1 aromatic carbocycles. The summed E-state index contributed by atoms with van der Waals surface area (Å²) in [6.07, 6.45) is 0.955. The number of halogens is 2. The van der Waals surface area contributed by atoms with Crippen molar-refractivity contribution < 1.29 is 0 Å². The molecular weight excluding hydrogens is 179 g/mol. The van der Waals surface area contributed by atoms with Gasteiger partial charge in [-0.15, -0.1) is 0 Å². The molecule has 2 heteroatoms. The summed E-state index contributed by atoms with van der Waals surface area (Å²) in [5.41, 5.74) is 2.14. The second-order valence-corrected chi connectivity index (χ2v) is 3.28. The topological polar surface area (TPSA) is 0 Å². The molecular formula is C9H10Cl2. The van der Waals surface area contributed by atoms with E-state index < -0.39 is 0 Å². The Balaban J connectivity index is 3.25. The molecule has 0 N–H and O–H groups in total. The molecule has 0 spiro atoms. The van der Waals surface area contributed by atoms with Gasteiger partial charge in [0.2, 0.25) is 0 Å². The van der Waals surface area contributed by atoms with Crippen LogP contribution in [-0.2, 0) is 6.42 Å². The Hall–Kier alpha value is -0.200. The Morgan fingerprint density at radius 1 is 1.27 bits per heavy atom. The van der Waals surface area contributed by atoms with Crippen molar-refractivity contribution in [3.63, 3.8) is 0 Å². The van der Waals surface area contributed by atoms with Crippen molar-refractivity contribution in [2.75, 3.05) is 0 Å². The Labute approximate surface area is 77.1 Å². The van der Waals surface area contributed by atoms with Crippen LogP contribution >= 0.6 is 23.2 Å². The Kier molecular flexibility index (Phi) is 2.80. The van der Waals surface area contributed by atoms with E-state index in [1.54, 1.807) is 0 Å². The zero-order valence-electron chi connectivity index (χ0n) is 6.62. The van der Waals surface area contributed by atoms with Crippen LogP contribution in [0.1, 0.15) is 18.1 Å². The number of benzene rings is 1. The summed E-state index contributed by atoms with van der Waals surface area (Å²) in [6.45, 7) is 4.01. The van der Waals surface area contributed by atoms with E-state index in [4.69, 9.17) is 23.2 Å². The highest BCUT2D eigenvalue weighted by atomic mass is 35.5. The Bertz CT molecular complexity index is 267. The average Bonchev–Trinajstić information content (AvgIpc) is 2.01. The maximum Gasteiger partial charge on any atom is 0.0481 e. The van der Waals surface area contributed by atoms with Gasteiger partial charge >= 0.3 is 0 Å². The summed E-state index contributed by atoms with van der Waals surface area (Å²) in [5.74, 6) is 0. The predicted octanol–water partition coefficient (Wildman–Crippen LogP) is 3.86. The van der Waals surface area contributed by atoms with Gasteiger partial charge in [0.25, 0.3) is 0 Å². The predicted molar refractivity (Wildman–Crippen MR) is 50.6 cm³/mol. The molecule has 0 unspecified atom stereocenters. The summed E-state index contributed by atoms with van der Waals surface area (Å²) in [5, 5.41) is 1.55. The summed E-state index contributed by atoms with van der Waals surface area (Å²) in [6, 6.07) is 3.86. The van der Waals surface area contributed by atoms with Gasteiger partial charge in [-0.1, -0.05) is 36.2 Å². The fourth-order valence-electron chi connectivity index (χ4n) is 0.991. The van der Waals surface area contributed by atoms with Crippen LogP contribution in [0.15, 0.2) is 12.1 Å². The number of aryl methyl sites for hydroxylation is 1. The van der Waals surface area contributed by atoms with Gasteiger partial charge in [-0.25, -0.2) is 0 Å². The van der Waals surface area contributed by atoms with Crippen molar-refractivity contribution in [3.8, 4) is 0 Å². The average molecular weight is 189 g/mol. The molecule has 0 aliphatic carbocycles. The summed E-state index contributed by atoms with van der Waals surface area (Å²) < 4.78 is 0. The maximum absolute atomic E-state index is 6.01. The number of hydrogen-bond acceptors (Lipinski definition) is 0. The van der Waals surface area contributed by atoms with E-state index in [0.717, 1.165) is 27.6 Å². The molecule has 0 saturated heterocycles. The van der Waals surface area contributed by atoms with E-state index >= 15 is 0 Å². The van der Waals surface area contributed by atoms with Gasteiger partial charge in [0.15, 0.2) is 0 Å². The minimum Gasteiger partial charge on any atom is -0.0840 e. The maximum atomic E-state index is 6.01. The number of hydrogen-bond donors (Lipinski definition) is 0. The summed E-state index contributed by atoms with van der Waals surface area (Å²) in [4.78, 5) is 0. The van der Waals surface area contributed by atoms with E-state index in [1.165, 1.54) is 0 Å². The van der Waals surface area contributed by atoms with E-state index in [1.807, 2.05) is 19.1 Å². The first-order valence-corrected chi connectivity index (χ1v) is 4.36. The molecule has 1 rings (SSSR count). The van der Waals surface area contributed by atoms with Crippen LogP contribution in [0.4, 0.5) is 0 Å². The van der Waals surface area contributed by atoms with Gasteiger partial charge in [-0.3, -0.25) is 0 Å². The SMILES string of the molecule is CCc1ccc(Cl)c(C)c1Cl. The van der Waals surface area contributed by atoms with Crippen LogP contribution in [0.25, 0.3) is 0 Å². The minimum atomic E-state index is 0.743. The molecule has 60 valence electrons. The lowest BCUT2D eigenvalue weighted by atomic mass is 10.1. The Morgan fingerprint density at radius 3 is 2.45 bits per heavy atom. The molecule has 0 nitrogen and oxygen atoms in total. The lowest BCUT2D eigenvalue weighted by molar-refractivity contribution is 1.13. The smallest absolute Gasteiger partial charge is 0.0481 e. The first-order valence-electron chi connectivity index (χ1n) is 3.60. The normalized spacial score (nSPS) is 10.2. The van der Waals surface area contributed by atoms with E-state index in [9.17, 15) is 0 Å². The molecule has 0 amide bonds. The highest BCUT2D eigenvalue weighted by Gasteiger charge is 2.03. The molecule has 0 heterocycles. The molecule has 0 bridgehead atoms. The molecule has 0 aliphatic rings. The largest absolute Gasteiger partial charge is 0.0840 e. The lowest BCUT2D eigenvalue weighted by Gasteiger charge is -2.05. The third-order valence-electron chi connectivity index (χ3n) is 1.78. The van der Waals surface area contributed by atoms with Gasteiger partial charge in [-0.05, 0) is 30.5 Å². The lowest BCUT2D eigenvalue weighted by Crippen LogP contribution is -1.85. The third kappa shape index (κ3) is 1.69. The highest BCUT2D eigenvalue weighted by molar-refractivity contribution is 6.36. The molecule has 0 aliphatic heterocycles. The van der Waals surface area contributed by atoms with Crippen molar-refractivity contribution in [1.29, 1.82) is 0 Å². The fourth-order valence-corrected chi connectivity index (χ4v) is 1.49. The Morgan fingerprint density at radius 2 is 1.91 bits per heavy atom. The van der Waals surface area contributed by atoms with Crippen LogP contribution in [0.5, 0.6) is 0 Å². The van der Waals surface area contributed by atoms with Crippen LogP contribution < -0.4 is 0 Å². The van der Waals surface area contributed by atoms with Crippen molar-refractivity contribution >= 4 is 23.2 Å². The standard InChI is InChI=1S/C9H10Cl2/c1-3-7-4-5-8(10)6(2)9(7)11/h4-5H,3H2,1-2H3. The molecule has 1 aromatic rings. The van der Waals surface area contributed by atoms with E-state index in [0.29, 0.717) is 0 Å². The first kappa shape index (κ1) is 8.89. The van der Waals surface area contributed by atoms with Gasteiger partial charge in [-0.2, -0.15) is 0 Å². The molecule has 0 aromatic heterocycles. The van der Waals surface area contributed by atoms with Gasteiger partial charge < -0.3 is 0 Å². The van der Waals surface area contributed by atoms with Gasteiger partial charge in [0, 0.05) is 10.0 Å². The zero-order chi connectivity index (χ0) is 8.43. The van der Waals surface area contributed by atoms with E-state index in [2.05, 4.69) is 6.92 Å². The van der Waals surface area contributed by atoms with Crippen LogP contribution in [0.2, 0.25) is 10.0 Å². The number of rotatable bonds is 1. The summed E-state index contributed by atoms with van der Waals surface area (Å²) in [7, 11) is 0. The molecule has 0 fully saturated rings. The van der Waals surface area contributed by atoms with Crippen LogP contribution in [0.3, 0.4) is 0 Å².